The molecule has 1 unspecified atom stereocenters. The molecule has 0 saturated carbocycles. The Kier molecular flexibility index (Phi) is 3.16. The summed E-state index contributed by atoms with van der Waals surface area (Å²) in [5, 5.41) is 12.8. The lowest BCUT2D eigenvalue weighted by atomic mass is 9.92. The van der Waals surface area contributed by atoms with Gasteiger partial charge in [-0.15, -0.1) is 0 Å². The highest BCUT2D eigenvalue weighted by molar-refractivity contribution is 6.09. The van der Waals surface area contributed by atoms with Gasteiger partial charge in [0.2, 0.25) is 6.29 Å². The molecule has 0 fully saturated rings. The topological polar surface area (TPSA) is 42.6 Å². The quantitative estimate of drug-likeness (QED) is 0.379. The normalized spacial score (nSPS) is 15.2. The van der Waals surface area contributed by atoms with E-state index >= 15 is 0 Å². The molecule has 0 saturated heterocycles. The number of rotatable bonds is 1. The standard InChI is InChI=1S/C25H16O3/c26-25-21-14-15(12-13-17(21)18-6-1-4-11-23(18)28-25)16-8-5-9-20-19-7-2-3-10-22(19)27-24(16)20/h1-14,25-26H. The molecule has 1 N–H and O–H groups in total. The second kappa shape index (κ2) is 5.72. The van der Waals surface area contributed by atoms with Crippen molar-refractivity contribution in [2.24, 2.45) is 0 Å². The van der Waals surface area contributed by atoms with Gasteiger partial charge in [-0.3, -0.25) is 0 Å². The van der Waals surface area contributed by atoms with Gasteiger partial charge in [0.1, 0.15) is 16.9 Å². The van der Waals surface area contributed by atoms with Gasteiger partial charge >= 0.3 is 0 Å². The van der Waals surface area contributed by atoms with E-state index in [1.165, 1.54) is 0 Å². The van der Waals surface area contributed by atoms with Gasteiger partial charge < -0.3 is 14.3 Å². The van der Waals surface area contributed by atoms with E-state index in [-0.39, 0.29) is 0 Å². The minimum Gasteiger partial charge on any atom is -0.460 e. The number of aliphatic hydroxyl groups is 1. The van der Waals surface area contributed by atoms with Gasteiger partial charge in [-0.05, 0) is 29.3 Å². The number of fused-ring (bicyclic) bond motifs is 6. The maximum absolute atomic E-state index is 10.6. The first-order valence-electron chi connectivity index (χ1n) is 9.28. The second-order valence-corrected chi connectivity index (χ2v) is 7.05. The van der Waals surface area contributed by atoms with Crippen molar-refractivity contribution in [1.29, 1.82) is 0 Å². The fraction of sp³-hybridized carbons (Fsp3) is 0.0400. The van der Waals surface area contributed by atoms with Crippen molar-refractivity contribution in [2.75, 3.05) is 0 Å². The van der Waals surface area contributed by atoms with Gasteiger partial charge in [-0.25, -0.2) is 0 Å². The summed E-state index contributed by atoms with van der Waals surface area (Å²) in [6, 6.07) is 28.2. The van der Waals surface area contributed by atoms with Crippen molar-refractivity contribution < 1.29 is 14.3 Å². The van der Waals surface area contributed by atoms with E-state index in [0.29, 0.717) is 5.75 Å². The summed E-state index contributed by atoms with van der Waals surface area (Å²) in [5.74, 6) is 0.703. The SMILES string of the molecule is OC1Oc2ccccc2-c2ccc(-c3cccc4c3oc3ccccc34)cc21. The summed E-state index contributed by atoms with van der Waals surface area (Å²) in [6.45, 7) is 0. The Labute approximate surface area is 161 Å². The zero-order valence-corrected chi connectivity index (χ0v) is 14.9. The van der Waals surface area contributed by atoms with Crippen molar-refractivity contribution in [3.8, 4) is 28.0 Å². The van der Waals surface area contributed by atoms with E-state index in [9.17, 15) is 5.11 Å². The van der Waals surface area contributed by atoms with Crippen LogP contribution in [0.4, 0.5) is 0 Å². The molecule has 0 amide bonds. The summed E-state index contributed by atoms with van der Waals surface area (Å²) in [7, 11) is 0. The Balaban J connectivity index is 1.58. The molecule has 6 rings (SSSR count). The highest BCUT2D eigenvalue weighted by atomic mass is 16.6. The number of aliphatic hydroxyl groups excluding tert-OH is 1. The maximum Gasteiger partial charge on any atom is 0.224 e. The predicted octanol–water partition coefficient (Wildman–Crippen LogP) is 6.30. The van der Waals surface area contributed by atoms with E-state index in [1.807, 2.05) is 54.6 Å². The number of para-hydroxylation sites is 3. The molecule has 1 atom stereocenters. The van der Waals surface area contributed by atoms with Gasteiger partial charge in [0.15, 0.2) is 0 Å². The van der Waals surface area contributed by atoms with Crippen LogP contribution < -0.4 is 4.74 Å². The molecule has 5 aromatic rings. The molecule has 28 heavy (non-hydrogen) atoms. The van der Waals surface area contributed by atoms with Gasteiger partial charge in [-0.2, -0.15) is 0 Å². The monoisotopic (exact) mass is 364 g/mol. The van der Waals surface area contributed by atoms with Crippen LogP contribution in [0.1, 0.15) is 11.9 Å². The Morgan fingerprint density at radius 1 is 0.679 bits per heavy atom. The van der Waals surface area contributed by atoms with Crippen LogP contribution >= 0.6 is 0 Å². The number of ether oxygens (including phenoxy) is 1. The van der Waals surface area contributed by atoms with Crippen LogP contribution in [0.15, 0.2) is 89.3 Å². The van der Waals surface area contributed by atoms with Gasteiger partial charge in [-0.1, -0.05) is 66.7 Å². The molecule has 1 aliphatic heterocycles. The number of hydrogen-bond donors (Lipinski definition) is 1. The van der Waals surface area contributed by atoms with Crippen molar-refractivity contribution in [3.63, 3.8) is 0 Å². The van der Waals surface area contributed by atoms with E-state index in [4.69, 9.17) is 9.15 Å². The first kappa shape index (κ1) is 15.5. The maximum atomic E-state index is 10.6. The molecule has 3 nitrogen and oxygen atoms in total. The van der Waals surface area contributed by atoms with Crippen LogP contribution in [-0.2, 0) is 0 Å². The van der Waals surface area contributed by atoms with Crippen molar-refractivity contribution in [3.05, 3.63) is 90.5 Å². The first-order chi connectivity index (χ1) is 13.8. The van der Waals surface area contributed by atoms with Gasteiger partial charge in [0.05, 0.1) is 0 Å². The van der Waals surface area contributed by atoms with E-state index < -0.39 is 6.29 Å². The van der Waals surface area contributed by atoms with Crippen LogP contribution in [0.2, 0.25) is 0 Å². The second-order valence-electron chi connectivity index (χ2n) is 7.05. The predicted molar refractivity (Wildman–Crippen MR) is 110 cm³/mol. The lowest BCUT2D eigenvalue weighted by Gasteiger charge is -2.25. The van der Waals surface area contributed by atoms with Gasteiger partial charge in [0, 0.05) is 27.5 Å². The molecule has 1 aliphatic rings. The molecule has 0 spiro atoms. The van der Waals surface area contributed by atoms with E-state index in [0.717, 1.165) is 49.8 Å². The average molecular weight is 364 g/mol. The Hall–Kier alpha value is -3.56. The van der Waals surface area contributed by atoms with Crippen molar-refractivity contribution >= 4 is 21.9 Å². The lowest BCUT2D eigenvalue weighted by Crippen LogP contribution is -2.13. The molecule has 4 aromatic carbocycles. The van der Waals surface area contributed by atoms with Crippen LogP contribution in [0, 0.1) is 0 Å². The largest absolute Gasteiger partial charge is 0.460 e. The molecule has 134 valence electrons. The van der Waals surface area contributed by atoms with Crippen LogP contribution in [0.3, 0.4) is 0 Å². The number of benzene rings is 4. The van der Waals surface area contributed by atoms with Crippen LogP contribution in [0.25, 0.3) is 44.2 Å². The first-order valence-corrected chi connectivity index (χ1v) is 9.28. The van der Waals surface area contributed by atoms with Crippen LogP contribution in [0.5, 0.6) is 5.75 Å². The molecule has 1 aromatic heterocycles. The van der Waals surface area contributed by atoms with E-state index in [1.54, 1.807) is 0 Å². The fourth-order valence-corrected chi connectivity index (χ4v) is 4.13. The third-order valence-electron chi connectivity index (χ3n) is 5.45. The highest BCUT2D eigenvalue weighted by Gasteiger charge is 2.25. The Morgan fingerprint density at radius 2 is 1.46 bits per heavy atom. The smallest absolute Gasteiger partial charge is 0.224 e. The summed E-state index contributed by atoms with van der Waals surface area (Å²) in [4.78, 5) is 0. The molecular formula is C25H16O3. The lowest BCUT2D eigenvalue weighted by molar-refractivity contribution is -0.0212. The Bertz CT molecular complexity index is 1360. The third kappa shape index (κ3) is 2.14. The number of hydrogen-bond acceptors (Lipinski definition) is 3. The molecule has 0 bridgehead atoms. The molecule has 0 radical (unpaired) electrons. The number of furan rings is 1. The van der Waals surface area contributed by atoms with Crippen molar-refractivity contribution in [1.82, 2.24) is 0 Å². The fourth-order valence-electron chi connectivity index (χ4n) is 4.13. The van der Waals surface area contributed by atoms with Crippen molar-refractivity contribution in [2.45, 2.75) is 6.29 Å². The molecular weight excluding hydrogens is 348 g/mol. The average Bonchev–Trinajstić information content (AvgIpc) is 3.12. The van der Waals surface area contributed by atoms with E-state index in [2.05, 4.69) is 30.3 Å². The highest BCUT2D eigenvalue weighted by Crippen LogP contribution is 2.43. The third-order valence-corrected chi connectivity index (χ3v) is 5.45. The summed E-state index contributed by atoms with van der Waals surface area (Å²) in [5.41, 5.74) is 6.49. The summed E-state index contributed by atoms with van der Waals surface area (Å²) >= 11 is 0. The van der Waals surface area contributed by atoms with Gasteiger partial charge in [0.25, 0.3) is 0 Å². The zero-order chi connectivity index (χ0) is 18.7. The molecule has 2 heterocycles. The molecule has 0 aliphatic carbocycles. The minimum absolute atomic E-state index is 0.703. The Morgan fingerprint density at radius 3 is 2.43 bits per heavy atom. The summed E-state index contributed by atoms with van der Waals surface area (Å²) < 4.78 is 11.9. The minimum atomic E-state index is -0.986. The zero-order valence-electron chi connectivity index (χ0n) is 14.9. The molecule has 3 heteroatoms. The summed E-state index contributed by atoms with van der Waals surface area (Å²) in [6.07, 6.45) is -0.986. The van der Waals surface area contributed by atoms with Crippen LogP contribution in [-0.4, -0.2) is 5.11 Å².